The van der Waals surface area contributed by atoms with Crippen LogP contribution in [-0.2, 0) is 4.79 Å². The third kappa shape index (κ3) is 2.80. The molecule has 0 saturated carbocycles. The number of hydrogen-bond acceptors (Lipinski definition) is 3. The number of benzene rings is 1. The number of nitrogens with one attached hydrogen (secondary N) is 2. The summed E-state index contributed by atoms with van der Waals surface area (Å²) in [5.41, 5.74) is 6.92. The number of nitrogens with two attached hydrogens (primary N) is 1. The summed E-state index contributed by atoms with van der Waals surface area (Å²) in [5.74, 6) is -0.658. The van der Waals surface area contributed by atoms with Crippen molar-refractivity contribution in [1.82, 2.24) is 5.32 Å². The lowest BCUT2D eigenvalue weighted by atomic mass is 10.1. The number of likely N-dealkylation sites (N-methyl/N-ethyl adjacent to an activating group) is 1. The minimum absolute atomic E-state index is 0.160. The molecule has 1 rings (SSSR count). The van der Waals surface area contributed by atoms with E-state index in [0.717, 1.165) is 0 Å². The fourth-order valence-electron chi connectivity index (χ4n) is 1.39. The van der Waals surface area contributed by atoms with Crippen molar-refractivity contribution < 1.29 is 9.59 Å². The van der Waals surface area contributed by atoms with Gasteiger partial charge in [-0.15, -0.1) is 0 Å². The summed E-state index contributed by atoms with van der Waals surface area (Å²) < 4.78 is 0. The van der Waals surface area contributed by atoms with Crippen LogP contribution in [0.3, 0.4) is 0 Å². The van der Waals surface area contributed by atoms with Crippen LogP contribution in [0.15, 0.2) is 18.2 Å². The molecule has 2 amide bonds. The molecule has 1 aromatic carbocycles. The van der Waals surface area contributed by atoms with E-state index in [2.05, 4.69) is 10.6 Å². The van der Waals surface area contributed by atoms with Gasteiger partial charge < -0.3 is 16.4 Å². The van der Waals surface area contributed by atoms with Gasteiger partial charge in [-0.05, 0) is 31.7 Å². The molecule has 1 aromatic rings. The number of anilines is 1. The number of amides is 2. The van der Waals surface area contributed by atoms with E-state index < -0.39 is 5.91 Å². The van der Waals surface area contributed by atoms with E-state index in [4.69, 9.17) is 5.73 Å². The van der Waals surface area contributed by atoms with Gasteiger partial charge in [-0.1, -0.05) is 6.07 Å². The maximum atomic E-state index is 11.4. The minimum atomic E-state index is -0.498. The third-order valence-electron chi connectivity index (χ3n) is 2.21. The number of rotatable bonds is 4. The summed E-state index contributed by atoms with van der Waals surface area (Å²) in [5, 5.41) is 5.44. The molecule has 86 valence electrons. The molecule has 0 aliphatic carbocycles. The van der Waals surface area contributed by atoms with Gasteiger partial charge in [0.1, 0.15) is 0 Å². The first-order chi connectivity index (χ1) is 7.56. The molecule has 0 heterocycles. The highest BCUT2D eigenvalue weighted by atomic mass is 16.2. The number of hydrogen-bond donors (Lipinski definition) is 3. The zero-order chi connectivity index (χ0) is 12.1. The summed E-state index contributed by atoms with van der Waals surface area (Å²) in [4.78, 5) is 22.4. The Morgan fingerprint density at radius 3 is 2.62 bits per heavy atom. The molecule has 0 aromatic heterocycles. The van der Waals surface area contributed by atoms with Crippen LogP contribution < -0.4 is 16.4 Å². The first-order valence-corrected chi connectivity index (χ1v) is 4.90. The molecular weight excluding hydrogens is 206 g/mol. The standard InChI is InChI=1S/C11H15N3O2/c1-7-8(11(12)16)4-3-5-9(7)14-10(15)6-13-2/h3-5,13H,6H2,1-2H3,(H2,12,16)(H,14,15). The van der Waals surface area contributed by atoms with Gasteiger partial charge in [-0.2, -0.15) is 0 Å². The monoisotopic (exact) mass is 221 g/mol. The molecule has 0 saturated heterocycles. The van der Waals surface area contributed by atoms with Crippen LogP contribution in [0.2, 0.25) is 0 Å². The van der Waals surface area contributed by atoms with Crippen molar-refractivity contribution >= 4 is 17.5 Å². The highest BCUT2D eigenvalue weighted by Crippen LogP contribution is 2.18. The van der Waals surface area contributed by atoms with Gasteiger partial charge in [0.2, 0.25) is 11.8 Å². The largest absolute Gasteiger partial charge is 0.366 e. The summed E-state index contributed by atoms with van der Waals surface area (Å²) in [6.07, 6.45) is 0. The molecule has 0 aliphatic rings. The molecule has 5 heteroatoms. The van der Waals surface area contributed by atoms with Crippen molar-refractivity contribution in [3.63, 3.8) is 0 Å². The second-order valence-electron chi connectivity index (χ2n) is 3.42. The van der Waals surface area contributed by atoms with Gasteiger partial charge in [0.25, 0.3) is 0 Å². The lowest BCUT2D eigenvalue weighted by molar-refractivity contribution is -0.115. The SMILES string of the molecule is CNCC(=O)Nc1cccc(C(N)=O)c1C. The van der Waals surface area contributed by atoms with E-state index in [-0.39, 0.29) is 12.5 Å². The second-order valence-corrected chi connectivity index (χ2v) is 3.42. The van der Waals surface area contributed by atoms with Crippen molar-refractivity contribution in [3.8, 4) is 0 Å². The number of carbonyl (C=O) groups is 2. The summed E-state index contributed by atoms with van der Waals surface area (Å²) >= 11 is 0. The highest BCUT2D eigenvalue weighted by molar-refractivity contribution is 5.98. The van der Waals surface area contributed by atoms with Crippen molar-refractivity contribution in [1.29, 1.82) is 0 Å². The summed E-state index contributed by atoms with van der Waals surface area (Å²) in [6, 6.07) is 5.04. The van der Waals surface area contributed by atoms with Crippen LogP contribution in [0.25, 0.3) is 0 Å². The quantitative estimate of drug-likeness (QED) is 0.681. The molecular formula is C11H15N3O2. The van der Waals surface area contributed by atoms with Gasteiger partial charge >= 0.3 is 0 Å². The van der Waals surface area contributed by atoms with Gasteiger partial charge in [0.05, 0.1) is 6.54 Å². The number of primary amides is 1. The van der Waals surface area contributed by atoms with E-state index in [1.807, 2.05) is 0 Å². The lowest BCUT2D eigenvalue weighted by Gasteiger charge is -2.10. The Morgan fingerprint density at radius 2 is 2.06 bits per heavy atom. The Kier molecular flexibility index (Phi) is 4.02. The van der Waals surface area contributed by atoms with Crippen molar-refractivity contribution in [2.24, 2.45) is 5.73 Å². The van der Waals surface area contributed by atoms with E-state index >= 15 is 0 Å². The first kappa shape index (κ1) is 12.2. The molecule has 4 N–H and O–H groups in total. The topological polar surface area (TPSA) is 84.2 Å². The molecule has 0 atom stereocenters. The maximum Gasteiger partial charge on any atom is 0.249 e. The molecule has 0 aliphatic heterocycles. The molecule has 0 radical (unpaired) electrons. The Labute approximate surface area is 94.0 Å². The van der Waals surface area contributed by atoms with Crippen molar-refractivity contribution in [3.05, 3.63) is 29.3 Å². The average Bonchev–Trinajstić information content (AvgIpc) is 2.21. The normalized spacial score (nSPS) is 9.88. The van der Waals surface area contributed by atoms with E-state index in [1.165, 1.54) is 0 Å². The predicted octanol–water partition coefficient (Wildman–Crippen LogP) is 0.252. The molecule has 0 bridgehead atoms. The van der Waals surface area contributed by atoms with Gasteiger partial charge in [0, 0.05) is 11.3 Å². The molecule has 0 spiro atoms. The maximum absolute atomic E-state index is 11.4. The van der Waals surface area contributed by atoms with Crippen LogP contribution in [-0.4, -0.2) is 25.4 Å². The van der Waals surface area contributed by atoms with Crippen molar-refractivity contribution in [2.75, 3.05) is 18.9 Å². The van der Waals surface area contributed by atoms with Crippen molar-refractivity contribution in [2.45, 2.75) is 6.92 Å². The minimum Gasteiger partial charge on any atom is -0.366 e. The van der Waals surface area contributed by atoms with Gasteiger partial charge in [0.15, 0.2) is 0 Å². The average molecular weight is 221 g/mol. The fourth-order valence-corrected chi connectivity index (χ4v) is 1.39. The molecule has 16 heavy (non-hydrogen) atoms. The fraction of sp³-hybridized carbons (Fsp3) is 0.273. The van der Waals surface area contributed by atoms with Gasteiger partial charge in [-0.3, -0.25) is 9.59 Å². The molecule has 0 fully saturated rings. The number of carbonyl (C=O) groups excluding carboxylic acids is 2. The van der Waals surface area contributed by atoms with E-state index in [9.17, 15) is 9.59 Å². The van der Waals surface area contributed by atoms with Crippen LogP contribution in [0.1, 0.15) is 15.9 Å². The summed E-state index contributed by atoms with van der Waals surface area (Å²) in [6.45, 7) is 1.97. The lowest BCUT2D eigenvalue weighted by Crippen LogP contribution is -2.25. The predicted molar refractivity (Wildman–Crippen MR) is 62.3 cm³/mol. The smallest absolute Gasteiger partial charge is 0.249 e. The zero-order valence-corrected chi connectivity index (χ0v) is 9.33. The zero-order valence-electron chi connectivity index (χ0n) is 9.33. The third-order valence-corrected chi connectivity index (χ3v) is 2.21. The van der Waals surface area contributed by atoms with Crippen LogP contribution in [0.5, 0.6) is 0 Å². The van der Waals surface area contributed by atoms with Gasteiger partial charge in [-0.25, -0.2) is 0 Å². The Morgan fingerprint density at radius 1 is 1.38 bits per heavy atom. The van der Waals surface area contributed by atoms with E-state index in [0.29, 0.717) is 16.8 Å². The molecule has 5 nitrogen and oxygen atoms in total. The first-order valence-electron chi connectivity index (χ1n) is 4.90. The molecule has 0 unspecified atom stereocenters. The second kappa shape index (κ2) is 5.27. The Balaban J connectivity index is 2.93. The van der Waals surface area contributed by atoms with Crippen LogP contribution >= 0.6 is 0 Å². The van der Waals surface area contributed by atoms with Crippen LogP contribution in [0, 0.1) is 6.92 Å². The van der Waals surface area contributed by atoms with E-state index in [1.54, 1.807) is 32.2 Å². The summed E-state index contributed by atoms with van der Waals surface area (Å²) in [7, 11) is 1.69. The Bertz CT molecular complexity index is 416. The highest BCUT2D eigenvalue weighted by Gasteiger charge is 2.09. The van der Waals surface area contributed by atoms with Crippen LogP contribution in [0.4, 0.5) is 5.69 Å². The Hall–Kier alpha value is -1.88.